The first kappa shape index (κ1) is 15.3. The van der Waals surface area contributed by atoms with Crippen LogP contribution < -0.4 is 4.74 Å². The SMILES string of the molecule is COc1ccc2[nH]c3cc(-n4c5ccccc5c5ccccc54)ccc3c2c1. The van der Waals surface area contributed by atoms with Gasteiger partial charge in [0.1, 0.15) is 5.75 Å². The Balaban J connectivity index is 1.67. The van der Waals surface area contributed by atoms with Gasteiger partial charge in [0.05, 0.1) is 18.1 Å². The molecule has 2 heterocycles. The number of fused-ring (bicyclic) bond motifs is 6. The number of aromatic nitrogens is 2. The highest BCUT2D eigenvalue weighted by molar-refractivity contribution is 6.11. The van der Waals surface area contributed by atoms with Crippen LogP contribution >= 0.6 is 0 Å². The molecule has 0 amide bonds. The monoisotopic (exact) mass is 362 g/mol. The van der Waals surface area contributed by atoms with Gasteiger partial charge in [-0.2, -0.15) is 0 Å². The summed E-state index contributed by atoms with van der Waals surface area (Å²) in [6.45, 7) is 0. The Morgan fingerprint density at radius 2 is 1.36 bits per heavy atom. The largest absolute Gasteiger partial charge is 0.497 e. The zero-order valence-corrected chi connectivity index (χ0v) is 15.4. The van der Waals surface area contributed by atoms with E-state index in [2.05, 4.69) is 88.4 Å². The van der Waals surface area contributed by atoms with Crippen molar-refractivity contribution in [2.24, 2.45) is 0 Å². The molecule has 0 saturated carbocycles. The number of para-hydroxylation sites is 2. The van der Waals surface area contributed by atoms with Crippen molar-refractivity contribution in [1.82, 2.24) is 9.55 Å². The Morgan fingerprint density at radius 3 is 2.07 bits per heavy atom. The second-order valence-corrected chi connectivity index (χ2v) is 7.14. The summed E-state index contributed by atoms with van der Waals surface area (Å²) in [6, 6.07) is 30.0. The molecule has 4 aromatic carbocycles. The molecule has 3 heteroatoms. The van der Waals surface area contributed by atoms with Gasteiger partial charge in [0.15, 0.2) is 0 Å². The lowest BCUT2D eigenvalue weighted by Crippen LogP contribution is -1.93. The Kier molecular flexibility index (Phi) is 3.09. The van der Waals surface area contributed by atoms with Crippen molar-refractivity contribution in [3.63, 3.8) is 0 Å². The summed E-state index contributed by atoms with van der Waals surface area (Å²) in [5.74, 6) is 0.875. The van der Waals surface area contributed by atoms with Crippen molar-refractivity contribution >= 4 is 43.6 Å². The van der Waals surface area contributed by atoms with E-state index in [1.165, 1.54) is 32.6 Å². The first-order valence-electron chi connectivity index (χ1n) is 9.41. The Hall–Kier alpha value is -3.72. The second-order valence-electron chi connectivity index (χ2n) is 7.14. The topological polar surface area (TPSA) is 29.9 Å². The molecule has 0 atom stereocenters. The lowest BCUT2D eigenvalue weighted by atomic mass is 10.1. The highest BCUT2D eigenvalue weighted by Gasteiger charge is 2.13. The zero-order chi connectivity index (χ0) is 18.7. The molecule has 0 aliphatic carbocycles. The number of aromatic amines is 1. The quantitative estimate of drug-likeness (QED) is 0.378. The fourth-order valence-corrected chi connectivity index (χ4v) is 4.34. The van der Waals surface area contributed by atoms with Crippen LogP contribution in [0.15, 0.2) is 84.9 Å². The third kappa shape index (κ3) is 2.04. The van der Waals surface area contributed by atoms with E-state index in [-0.39, 0.29) is 0 Å². The van der Waals surface area contributed by atoms with Gasteiger partial charge in [-0.25, -0.2) is 0 Å². The molecule has 28 heavy (non-hydrogen) atoms. The molecule has 0 saturated heterocycles. The van der Waals surface area contributed by atoms with Crippen LogP contribution in [0.1, 0.15) is 0 Å². The molecule has 3 nitrogen and oxygen atoms in total. The van der Waals surface area contributed by atoms with Crippen LogP contribution in [0, 0.1) is 0 Å². The summed E-state index contributed by atoms with van der Waals surface area (Å²) in [5.41, 5.74) is 5.85. The van der Waals surface area contributed by atoms with Crippen LogP contribution in [0.25, 0.3) is 49.3 Å². The number of hydrogen-bond donors (Lipinski definition) is 1. The molecule has 0 fully saturated rings. The van der Waals surface area contributed by atoms with E-state index in [1.807, 2.05) is 6.07 Å². The standard InChI is InChI=1S/C25H18N2O/c1-28-17-11-13-22-21(15-17)18-12-10-16(14-23(18)26-22)27-24-8-4-2-6-19(24)20-7-3-5-9-25(20)27/h2-15,26H,1H3. The highest BCUT2D eigenvalue weighted by atomic mass is 16.5. The number of nitrogens with one attached hydrogen (secondary N) is 1. The predicted molar refractivity (Wildman–Crippen MR) is 117 cm³/mol. The van der Waals surface area contributed by atoms with E-state index in [0.717, 1.165) is 22.5 Å². The molecule has 0 radical (unpaired) electrons. The first-order chi connectivity index (χ1) is 13.8. The third-order valence-electron chi connectivity index (χ3n) is 5.63. The summed E-state index contributed by atoms with van der Waals surface area (Å²) in [5, 5.41) is 4.95. The molecule has 6 rings (SSSR count). The number of methoxy groups -OCH3 is 1. The third-order valence-corrected chi connectivity index (χ3v) is 5.63. The number of hydrogen-bond acceptors (Lipinski definition) is 1. The zero-order valence-electron chi connectivity index (χ0n) is 15.4. The van der Waals surface area contributed by atoms with Gasteiger partial charge in [0, 0.05) is 38.3 Å². The maximum Gasteiger partial charge on any atom is 0.119 e. The molecule has 0 aliphatic heterocycles. The van der Waals surface area contributed by atoms with Gasteiger partial charge in [-0.05, 0) is 42.5 Å². The maximum absolute atomic E-state index is 5.40. The number of rotatable bonds is 2. The fourth-order valence-electron chi connectivity index (χ4n) is 4.34. The van der Waals surface area contributed by atoms with Crippen LogP contribution in [0.2, 0.25) is 0 Å². The van der Waals surface area contributed by atoms with E-state index in [0.29, 0.717) is 0 Å². The van der Waals surface area contributed by atoms with E-state index in [9.17, 15) is 0 Å². The van der Waals surface area contributed by atoms with Crippen molar-refractivity contribution in [1.29, 1.82) is 0 Å². The molecule has 0 spiro atoms. The molecule has 6 aromatic rings. The van der Waals surface area contributed by atoms with Gasteiger partial charge in [0.25, 0.3) is 0 Å². The summed E-state index contributed by atoms with van der Waals surface area (Å²) >= 11 is 0. The highest BCUT2D eigenvalue weighted by Crippen LogP contribution is 2.34. The molecule has 0 unspecified atom stereocenters. The maximum atomic E-state index is 5.40. The van der Waals surface area contributed by atoms with E-state index >= 15 is 0 Å². The molecular formula is C25H18N2O. The molecule has 134 valence electrons. The van der Waals surface area contributed by atoms with Gasteiger partial charge in [-0.1, -0.05) is 42.5 Å². The van der Waals surface area contributed by atoms with Crippen LogP contribution in [-0.4, -0.2) is 16.7 Å². The van der Waals surface area contributed by atoms with E-state index in [4.69, 9.17) is 4.74 Å². The summed E-state index contributed by atoms with van der Waals surface area (Å²) in [6.07, 6.45) is 0. The van der Waals surface area contributed by atoms with Crippen molar-refractivity contribution in [3.05, 3.63) is 84.9 Å². The normalized spacial score (nSPS) is 11.8. The number of H-pyrrole nitrogens is 1. The van der Waals surface area contributed by atoms with E-state index < -0.39 is 0 Å². The van der Waals surface area contributed by atoms with Crippen molar-refractivity contribution in [3.8, 4) is 11.4 Å². The smallest absolute Gasteiger partial charge is 0.119 e. The van der Waals surface area contributed by atoms with Gasteiger partial charge in [-0.3, -0.25) is 0 Å². The van der Waals surface area contributed by atoms with Crippen LogP contribution in [0.3, 0.4) is 0 Å². The Bertz CT molecular complexity index is 1450. The predicted octanol–water partition coefficient (Wildman–Crippen LogP) is 6.43. The molecule has 0 aliphatic rings. The van der Waals surface area contributed by atoms with E-state index in [1.54, 1.807) is 7.11 Å². The summed E-state index contributed by atoms with van der Waals surface area (Å²) in [7, 11) is 1.70. The van der Waals surface area contributed by atoms with Crippen molar-refractivity contribution < 1.29 is 4.74 Å². The lowest BCUT2D eigenvalue weighted by molar-refractivity contribution is 0.415. The number of ether oxygens (including phenoxy) is 1. The minimum Gasteiger partial charge on any atom is -0.497 e. The van der Waals surface area contributed by atoms with Gasteiger partial charge in [0.2, 0.25) is 0 Å². The molecule has 1 N–H and O–H groups in total. The molecule has 2 aromatic heterocycles. The van der Waals surface area contributed by atoms with Gasteiger partial charge >= 0.3 is 0 Å². The number of benzene rings is 4. The Morgan fingerprint density at radius 1 is 0.643 bits per heavy atom. The first-order valence-corrected chi connectivity index (χ1v) is 9.41. The van der Waals surface area contributed by atoms with Crippen molar-refractivity contribution in [2.45, 2.75) is 0 Å². The van der Waals surface area contributed by atoms with Crippen LogP contribution in [-0.2, 0) is 0 Å². The number of nitrogens with zero attached hydrogens (tertiary/aromatic N) is 1. The fraction of sp³-hybridized carbons (Fsp3) is 0.0400. The lowest BCUT2D eigenvalue weighted by Gasteiger charge is -2.08. The minimum atomic E-state index is 0.875. The van der Waals surface area contributed by atoms with Crippen LogP contribution in [0.4, 0.5) is 0 Å². The minimum absolute atomic E-state index is 0.875. The second kappa shape index (κ2) is 5.64. The summed E-state index contributed by atoms with van der Waals surface area (Å²) < 4.78 is 7.75. The van der Waals surface area contributed by atoms with Gasteiger partial charge < -0.3 is 14.3 Å². The average molecular weight is 362 g/mol. The molecular weight excluding hydrogens is 344 g/mol. The average Bonchev–Trinajstić information content (AvgIpc) is 3.28. The molecule has 0 bridgehead atoms. The Labute approximate surface area is 161 Å². The summed E-state index contributed by atoms with van der Waals surface area (Å²) in [4.78, 5) is 3.56. The van der Waals surface area contributed by atoms with Crippen LogP contribution in [0.5, 0.6) is 5.75 Å². The van der Waals surface area contributed by atoms with Crippen molar-refractivity contribution in [2.75, 3.05) is 7.11 Å². The van der Waals surface area contributed by atoms with Gasteiger partial charge in [-0.15, -0.1) is 0 Å².